The zero-order valence-corrected chi connectivity index (χ0v) is 10.5. The van der Waals surface area contributed by atoms with Crippen molar-refractivity contribution in [3.05, 3.63) is 29.8 Å². The molecule has 1 amide bonds. The Morgan fingerprint density at radius 1 is 1.29 bits per heavy atom. The first-order valence-electron chi connectivity index (χ1n) is 6.19. The highest BCUT2D eigenvalue weighted by Crippen LogP contribution is 2.19. The van der Waals surface area contributed by atoms with Crippen molar-refractivity contribution in [1.82, 2.24) is 4.90 Å². The third-order valence-electron chi connectivity index (χ3n) is 3.16. The van der Waals surface area contributed by atoms with E-state index in [1.54, 1.807) is 0 Å². The smallest absolute Gasteiger partial charge is 0.263 e. The maximum Gasteiger partial charge on any atom is 0.263 e. The molecule has 1 aromatic rings. The molecular weight excluding hydrogens is 214 g/mol. The molecule has 0 N–H and O–H groups in total. The summed E-state index contributed by atoms with van der Waals surface area (Å²) < 4.78 is 5.73. The molecule has 1 fully saturated rings. The van der Waals surface area contributed by atoms with Crippen LogP contribution in [0.5, 0.6) is 5.75 Å². The second-order valence-corrected chi connectivity index (χ2v) is 4.56. The van der Waals surface area contributed by atoms with Crippen LogP contribution in [0.3, 0.4) is 0 Å². The number of carbonyl (C=O) groups is 1. The van der Waals surface area contributed by atoms with Crippen LogP contribution < -0.4 is 4.74 Å². The van der Waals surface area contributed by atoms with Crippen molar-refractivity contribution in [2.24, 2.45) is 0 Å². The van der Waals surface area contributed by atoms with Gasteiger partial charge in [0.1, 0.15) is 5.75 Å². The zero-order chi connectivity index (χ0) is 12.3. The van der Waals surface area contributed by atoms with Crippen LogP contribution in [-0.4, -0.2) is 30.0 Å². The Labute approximate surface area is 102 Å². The van der Waals surface area contributed by atoms with Crippen molar-refractivity contribution in [1.29, 1.82) is 0 Å². The van der Waals surface area contributed by atoms with Crippen molar-refractivity contribution >= 4 is 5.91 Å². The van der Waals surface area contributed by atoms with Gasteiger partial charge in [0.25, 0.3) is 5.91 Å². The maximum absolute atomic E-state index is 12.1. The molecule has 1 heterocycles. The highest BCUT2D eigenvalue weighted by molar-refractivity contribution is 5.81. The number of amides is 1. The van der Waals surface area contributed by atoms with Crippen molar-refractivity contribution in [2.75, 3.05) is 13.1 Å². The third kappa shape index (κ3) is 2.78. The second-order valence-electron chi connectivity index (χ2n) is 4.56. The lowest BCUT2D eigenvalue weighted by Gasteiger charge is -2.21. The topological polar surface area (TPSA) is 29.5 Å². The Balaban J connectivity index is 1.99. The van der Waals surface area contributed by atoms with E-state index in [1.165, 1.54) is 0 Å². The first-order chi connectivity index (χ1) is 8.18. The van der Waals surface area contributed by atoms with Crippen LogP contribution in [-0.2, 0) is 4.79 Å². The Kier molecular flexibility index (Phi) is 3.67. The number of likely N-dealkylation sites (tertiary alicyclic amines) is 1. The van der Waals surface area contributed by atoms with E-state index in [9.17, 15) is 4.79 Å². The second kappa shape index (κ2) is 5.21. The van der Waals surface area contributed by atoms with Gasteiger partial charge < -0.3 is 9.64 Å². The molecule has 1 aliphatic rings. The average Bonchev–Trinajstić information content (AvgIpc) is 2.84. The molecule has 1 saturated heterocycles. The van der Waals surface area contributed by atoms with E-state index in [-0.39, 0.29) is 5.91 Å². The van der Waals surface area contributed by atoms with E-state index in [1.807, 2.05) is 43.0 Å². The molecule has 0 bridgehead atoms. The molecule has 1 aromatic carbocycles. The number of ether oxygens (including phenoxy) is 1. The predicted molar refractivity (Wildman–Crippen MR) is 67.1 cm³/mol. The molecule has 0 unspecified atom stereocenters. The number of rotatable bonds is 3. The Morgan fingerprint density at radius 3 is 2.59 bits per heavy atom. The van der Waals surface area contributed by atoms with Crippen molar-refractivity contribution in [3.8, 4) is 5.75 Å². The summed E-state index contributed by atoms with van der Waals surface area (Å²) in [6.07, 6.45) is 1.83. The Hall–Kier alpha value is -1.51. The fourth-order valence-corrected chi connectivity index (χ4v) is 2.12. The molecule has 3 nitrogen and oxygen atoms in total. The number of aryl methyl sites for hydroxylation is 1. The van der Waals surface area contributed by atoms with Crippen LogP contribution in [0, 0.1) is 6.92 Å². The van der Waals surface area contributed by atoms with Crippen LogP contribution >= 0.6 is 0 Å². The molecule has 1 atom stereocenters. The molecule has 2 rings (SSSR count). The fourth-order valence-electron chi connectivity index (χ4n) is 2.12. The summed E-state index contributed by atoms with van der Waals surface area (Å²) in [6.45, 7) is 5.57. The molecule has 0 saturated carbocycles. The van der Waals surface area contributed by atoms with Gasteiger partial charge in [0.2, 0.25) is 0 Å². The normalized spacial score (nSPS) is 16.9. The molecule has 0 spiro atoms. The van der Waals surface area contributed by atoms with Gasteiger partial charge in [0.05, 0.1) is 0 Å². The van der Waals surface area contributed by atoms with Gasteiger partial charge in [-0.1, -0.05) is 18.2 Å². The van der Waals surface area contributed by atoms with Crippen LogP contribution in [0.4, 0.5) is 0 Å². The molecule has 92 valence electrons. The highest BCUT2D eigenvalue weighted by Gasteiger charge is 2.24. The van der Waals surface area contributed by atoms with Gasteiger partial charge in [-0.05, 0) is 38.3 Å². The van der Waals surface area contributed by atoms with E-state index >= 15 is 0 Å². The molecule has 3 heteroatoms. The number of benzene rings is 1. The summed E-state index contributed by atoms with van der Waals surface area (Å²) in [6, 6.07) is 7.79. The molecular formula is C14H19NO2. The van der Waals surface area contributed by atoms with Crippen LogP contribution in [0.2, 0.25) is 0 Å². The zero-order valence-electron chi connectivity index (χ0n) is 10.5. The summed E-state index contributed by atoms with van der Waals surface area (Å²) in [7, 11) is 0. The van der Waals surface area contributed by atoms with Gasteiger partial charge in [-0.3, -0.25) is 4.79 Å². The SMILES string of the molecule is Cc1ccccc1O[C@@H](C)C(=O)N1CCCC1. The minimum absolute atomic E-state index is 0.103. The fraction of sp³-hybridized carbons (Fsp3) is 0.500. The number of hydrogen-bond acceptors (Lipinski definition) is 2. The van der Waals surface area contributed by atoms with Gasteiger partial charge in [-0.2, -0.15) is 0 Å². The van der Waals surface area contributed by atoms with E-state index in [2.05, 4.69) is 0 Å². The molecule has 0 radical (unpaired) electrons. The Bertz CT molecular complexity index is 397. The summed E-state index contributed by atoms with van der Waals surface area (Å²) in [5.41, 5.74) is 1.06. The Morgan fingerprint density at radius 2 is 1.94 bits per heavy atom. The van der Waals surface area contributed by atoms with Crippen LogP contribution in [0.1, 0.15) is 25.3 Å². The number of hydrogen-bond donors (Lipinski definition) is 0. The van der Waals surface area contributed by atoms with E-state index in [4.69, 9.17) is 4.74 Å². The van der Waals surface area contributed by atoms with Crippen molar-refractivity contribution < 1.29 is 9.53 Å². The predicted octanol–water partition coefficient (Wildman–Crippen LogP) is 2.38. The summed E-state index contributed by atoms with van der Waals surface area (Å²) in [4.78, 5) is 14.0. The molecule has 0 aliphatic carbocycles. The van der Waals surface area contributed by atoms with Gasteiger partial charge in [0, 0.05) is 13.1 Å². The van der Waals surface area contributed by atoms with Crippen LogP contribution in [0.15, 0.2) is 24.3 Å². The molecule has 0 aromatic heterocycles. The minimum Gasteiger partial charge on any atom is -0.481 e. The first kappa shape index (κ1) is 12.0. The first-order valence-corrected chi connectivity index (χ1v) is 6.19. The van der Waals surface area contributed by atoms with E-state index in [0.29, 0.717) is 0 Å². The monoisotopic (exact) mass is 233 g/mol. The summed E-state index contributed by atoms with van der Waals surface area (Å²) in [5, 5.41) is 0. The lowest BCUT2D eigenvalue weighted by atomic mass is 10.2. The highest BCUT2D eigenvalue weighted by atomic mass is 16.5. The van der Waals surface area contributed by atoms with Gasteiger partial charge >= 0.3 is 0 Å². The summed E-state index contributed by atoms with van der Waals surface area (Å²) in [5.74, 6) is 0.901. The van der Waals surface area contributed by atoms with E-state index in [0.717, 1.165) is 37.2 Å². The standard InChI is InChI=1S/C14H19NO2/c1-11-7-3-4-8-13(11)17-12(2)14(16)15-9-5-6-10-15/h3-4,7-8,12H,5-6,9-10H2,1-2H3/t12-/m0/s1. The maximum atomic E-state index is 12.1. The van der Waals surface area contributed by atoms with Gasteiger partial charge in [-0.15, -0.1) is 0 Å². The molecule has 17 heavy (non-hydrogen) atoms. The summed E-state index contributed by atoms with van der Waals surface area (Å²) >= 11 is 0. The largest absolute Gasteiger partial charge is 0.481 e. The lowest BCUT2D eigenvalue weighted by Crippen LogP contribution is -2.38. The van der Waals surface area contributed by atoms with Crippen molar-refractivity contribution in [2.45, 2.75) is 32.8 Å². The number of nitrogens with zero attached hydrogens (tertiary/aromatic N) is 1. The average molecular weight is 233 g/mol. The number of carbonyl (C=O) groups excluding carboxylic acids is 1. The van der Waals surface area contributed by atoms with Crippen LogP contribution in [0.25, 0.3) is 0 Å². The van der Waals surface area contributed by atoms with Gasteiger partial charge in [0.15, 0.2) is 6.10 Å². The van der Waals surface area contributed by atoms with Gasteiger partial charge in [-0.25, -0.2) is 0 Å². The van der Waals surface area contributed by atoms with E-state index < -0.39 is 6.10 Å². The quantitative estimate of drug-likeness (QED) is 0.802. The number of para-hydroxylation sites is 1. The minimum atomic E-state index is -0.394. The molecule has 1 aliphatic heterocycles. The third-order valence-corrected chi connectivity index (χ3v) is 3.16. The van der Waals surface area contributed by atoms with Crippen molar-refractivity contribution in [3.63, 3.8) is 0 Å². The lowest BCUT2D eigenvalue weighted by molar-refractivity contribution is -0.136.